The highest BCUT2D eigenvalue weighted by Crippen LogP contribution is 2.29. The summed E-state index contributed by atoms with van der Waals surface area (Å²) in [4.78, 5) is 23.7. The van der Waals surface area contributed by atoms with E-state index in [1.807, 2.05) is 13.8 Å². The van der Waals surface area contributed by atoms with Gasteiger partial charge in [-0.05, 0) is 37.8 Å². The molecule has 1 aromatic heterocycles. The standard InChI is InChI=1S/C19H25FN2O3/c1-5-12(2)21-19(24)8-6-7-14-11-22(13(3)23)17-10-16(20)18(25-4)9-15(14)17/h9-12H,5-8H2,1-4H3,(H,21,24). The van der Waals surface area contributed by atoms with Crippen LogP contribution in [0.25, 0.3) is 10.9 Å². The lowest BCUT2D eigenvalue weighted by atomic mass is 10.1. The number of hydrogen-bond acceptors (Lipinski definition) is 3. The summed E-state index contributed by atoms with van der Waals surface area (Å²) in [5, 5.41) is 3.71. The Balaban J connectivity index is 2.20. The number of hydrogen-bond donors (Lipinski definition) is 1. The number of amides is 1. The van der Waals surface area contributed by atoms with E-state index in [1.165, 1.54) is 24.7 Å². The third-order valence-electron chi connectivity index (χ3n) is 4.37. The molecule has 1 unspecified atom stereocenters. The van der Waals surface area contributed by atoms with E-state index in [4.69, 9.17) is 4.74 Å². The molecule has 6 heteroatoms. The smallest absolute Gasteiger partial charge is 0.227 e. The van der Waals surface area contributed by atoms with Gasteiger partial charge in [0.2, 0.25) is 11.8 Å². The first-order valence-corrected chi connectivity index (χ1v) is 8.55. The fourth-order valence-corrected chi connectivity index (χ4v) is 2.80. The lowest BCUT2D eigenvalue weighted by molar-refractivity contribution is -0.121. The highest BCUT2D eigenvalue weighted by Gasteiger charge is 2.15. The summed E-state index contributed by atoms with van der Waals surface area (Å²) in [6.45, 7) is 5.43. The third-order valence-corrected chi connectivity index (χ3v) is 4.37. The Labute approximate surface area is 147 Å². The molecule has 1 atom stereocenters. The van der Waals surface area contributed by atoms with Crippen LogP contribution in [0.15, 0.2) is 18.3 Å². The molecule has 1 amide bonds. The van der Waals surface area contributed by atoms with Gasteiger partial charge in [-0.3, -0.25) is 14.2 Å². The van der Waals surface area contributed by atoms with Gasteiger partial charge in [0.25, 0.3) is 0 Å². The summed E-state index contributed by atoms with van der Waals surface area (Å²) in [5.74, 6) is -0.525. The van der Waals surface area contributed by atoms with Gasteiger partial charge in [0.1, 0.15) is 0 Å². The zero-order chi connectivity index (χ0) is 18.6. The van der Waals surface area contributed by atoms with Crippen LogP contribution in [0.4, 0.5) is 4.39 Å². The number of benzene rings is 1. The topological polar surface area (TPSA) is 60.3 Å². The van der Waals surface area contributed by atoms with Crippen molar-refractivity contribution in [2.75, 3.05) is 7.11 Å². The average Bonchev–Trinajstić information content (AvgIpc) is 2.91. The maximum atomic E-state index is 14.0. The minimum Gasteiger partial charge on any atom is -0.494 e. The number of carbonyl (C=O) groups excluding carboxylic acids is 2. The van der Waals surface area contributed by atoms with E-state index < -0.39 is 5.82 Å². The van der Waals surface area contributed by atoms with Crippen molar-refractivity contribution in [2.24, 2.45) is 0 Å². The number of halogens is 1. The van der Waals surface area contributed by atoms with Crippen LogP contribution in [-0.4, -0.2) is 29.5 Å². The quantitative estimate of drug-likeness (QED) is 0.830. The van der Waals surface area contributed by atoms with Crippen molar-refractivity contribution in [2.45, 2.75) is 52.5 Å². The van der Waals surface area contributed by atoms with E-state index >= 15 is 0 Å². The fraction of sp³-hybridized carbons (Fsp3) is 0.474. The van der Waals surface area contributed by atoms with Crippen molar-refractivity contribution >= 4 is 22.7 Å². The third kappa shape index (κ3) is 4.38. The monoisotopic (exact) mass is 348 g/mol. The van der Waals surface area contributed by atoms with Crippen molar-refractivity contribution in [3.8, 4) is 5.75 Å². The van der Waals surface area contributed by atoms with Gasteiger partial charge in [-0.1, -0.05) is 6.92 Å². The van der Waals surface area contributed by atoms with Gasteiger partial charge in [0.05, 0.1) is 12.6 Å². The number of aryl methyl sites for hydroxylation is 1. The second-order valence-electron chi connectivity index (χ2n) is 6.28. The minimum absolute atomic E-state index is 0.0216. The molecule has 2 aromatic rings. The number of nitrogens with zero attached hydrogens (tertiary/aromatic N) is 1. The second-order valence-corrected chi connectivity index (χ2v) is 6.28. The zero-order valence-corrected chi connectivity index (χ0v) is 15.2. The first kappa shape index (κ1) is 19.0. The molecule has 2 rings (SSSR count). The van der Waals surface area contributed by atoms with Crippen molar-refractivity contribution < 1.29 is 18.7 Å². The van der Waals surface area contributed by atoms with Gasteiger partial charge in [0, 0.05) is 37.0 Å². The van der Waals surface area contributed by atoms with E-state index in [-0.39, 0.29) is 23.6 Å². The Hall–Kier alpha value is -2.37. The van der Waals surface area contributed by atoms with Gasteiger partial charge in [-0.2, -0.15) is 0 Å². The van der Waals surface area contributed by atoms with E-state index in [9.17, 15) is 14.0 Å². The molecule has 136 valence electrons. The number of fused-ring (bicyclic) bond motifs is 1. The molecule has 0 aliphatic carbocycles. The normalized spacial score (nSPS) is 12.2. The van der Waals surface area contributed by atoms with Crippen LogP contribution < -0.4 is 10.1 Å². The predicted molar refractivity (Wildman–Crippen MR) is 95.6 cm³/mol. The zero-order valence-electron chi connectivity index (χ0n) is 15.2. The van der Waals surface area contributed by atoms with Gasteiger partial charge >= 0.3 is 0 Å². The molecule has 0 aliphatic rings. The molecule has 0 saturated carbocycles. The van der Waals surface area contributed by atoms with Crippen molar-refractivity contribution in [3.05, 3.63) is 29.7 Å². The summed E-state index contributed by atoms with van der Waals surface area (Å²) in [7, 11) is 1.41. The molecule has 5 nitrogen and oxygen atoms in total. The summed E-state index contributed by atoms with van der Waals surface area (Å²) in [5.41, 5.74) is 1.42. The Morgan fingerprint density at radius 2 is 2.08 bits per heavy atom. The lowest BCUT2D eigenvalue weighted by Gasteiger charge is -2.10. The van der Waals surface area contributed by atoms with Crippen LogP contribution in [-0.2, 0) is 11.2 Å². The minimum atomic E-state index is -0.505. The highest BCUT2D eigenvalue weighted by molar-refractivity contribution is 5.94. The van der Waals surface area contributed by atoms with Crippen LogP contribution in [0.2, 0.25) is 0 Å². The molecular weight excluding hydrogens is 323 g/mol. The summed E-state index contributed by atoms with van der Waals surface area (Å²) >= 11 is 0. The van der Waals surface area contributed by atoms with Crippen LogP contribution in [0.3, 0.4) is 0 Å². The Morgan fingerprint density at radius 3 is 2.68 bits per heavy atom. The number of carbonyl (C=O) groups is 2. The number of methoxy groups -OCH3 is 1. The summed E-state index contributed by atoms with van der Waals surface area (Å²) < 4.78 is 20.5. The molecule has 0 saturated heterocycles. The maximum Gasteiger partial charge on any atom is 0.227 e. The Kier molecular flexibility index (Phi) is 6.17. The molecule has 1 N–H and O–H groups in total. The van der Waals surface area contributed by atoms with Gasteiger partial charge in [-0.15, -0.1) is 0 Å². The molecule has 0 radical (unpaired) electrons. The molecular formula is C19H25FN2O3. The molecule has 25 heavy (non-hydrogen) atoms. The fourth-order valence-electron chi connectivity index (χ4n) is 2.80. The van der Waals surface area contributed by atoms with Crippen LogP contribution >= 0.6 is 0 Å². The van der Waals surface area contributed by atoms with E-state index in [2.05, 4.69) is 5.32 Å². The van der Waals surface area contributed by atoms with Crippen LogP contribution in [0.1, 0.15) is 50.4 Å². The second kappa shape index (κ2) is 8.14. The Bertz CT molecular complexity index is 783. The molecule has 0 spiro atoms. The van der Waals surface area contributed by atoms with Crippen LogP contribution in [0, 0.1) is 5.82 Å². The number of nitrogens with one attached hydrogen (secondary N) is 1. The van der Waals surface area contributed by atoms with E-state index in [0.29, 0.717) is 24.8 Å². The molecule has 1 aromatic carbocycles. The molecule has 0 bridgehead atoms. The van der Waals surface area contributed by atoms with E-state index in [1.54, 1.807) is 12.3 Å². The first-order valence-electron chi connectivity index (χ1n) is 8.55. The number of ether oxygens (including phenoxy) is 1. The first-order chi connectivity index (χ1) is 11.9. The SMILES string of the molecule is CCC(C)NC(=O)CCCc1cn(C(C)=O)c2cc(F)c(OC)cc12. The van der Waals surface area contributed by atoms with Gasteiger partial charge in [-0.25, -0.2) is 4.39 Å². The average molecular weight is 348 g/mol. The van der Waals surface area contributed by atoms with Crippen LogP contribution in [0.5, 0.6) is 5.75 Å². The number of rotatable bonds is 7. The molecule has 0 fully saturated rings. The lowest BCUT2D eigenvalue weighted by Crippen LogP contribution is -2.31. The predicted octanol–water partition coefficient (Wildman–Crippen LogP) is 3.69. The summed E-state index contributed by atoms with van der Waals surface area (Å²) in [6.07, 6.45) is 4.30. The van der Waals surface area contributed by atoms with Crippen molar-refractivity contribution in [1.29, 1.82) is 0 Å². The highest BCUT2D eigenvalue weighted by atomic mass is 19.1. The van der Waals surface area contributed by atoms with Gasteiger partial charge < -0.3 is 10.1 Å². The maximum absolute atomic E-state index is 14.0. The van der Waals surface area contributed by atoms with Crippen molar-refractivity contribution in [3.63, 3.8) is 0 Å². The van der Waals surface area contributed by atoms with Gasteiger partial charge in [0.15, 0.2) is 11.6 Å². The van der Waals surface area contributed by atoms with Crippen molar-refractivity contribution in [1.82, 2.24) is 9.88 Å². The van der Waals surface area contributed by atoms with E-state index in [0.717, 1.165) is 17.4 Å². The Morgan fingerprint density at radius 1 is 1.36 bits per heavy atom. The molecule has 1 heterocycles. The summed E-state index contributed by atoms with van der Waals surface area (Å²) in [6, 6.07) is 3.09. The largest absolute Gasteiger partial charge is 0.494 e. The molecule has 0 aliphatic heterocycles. The number of aromatic nitrogens is 1.